The van der Waals surface area contributed by atoms with Crippen molar-refractivity contribution in [1.82, 2.24) is 10.3 Å². The van der Waals surface area contributed by atoms with Crippen LogP contribution in [0.15, 0.2) is 41.3 Å². The molecule has 2 aromatic heterocycles. The average Bonchev–Trinajstić information content (AvgIpc) is 2.92. The largest absolute Gasteiger partial charge is 0.478 e. The molecule has 2 rings (SSSR count). The minimum absolute atomic E-state index is 0.0124. The van der Waals surface area contributed by atoms with Gasteiger partial charge in [-0.25, -0.2) is 9.59 Å². The van der Waals surface area contributed by atoms with E-state index in [9.17, 15) is 9.59 Å². The number of nitrogens with one attached hydrogen (secondary N) is 2. The SMILES string of the molecule is O=C(NCCc1ccco1)Nc1cncc(C(=O)O)c1. The lowest BCUT2D eigenvalue weighted by Crippen LogP contribution is -2.30. The number of hydrogen-bond donors (Lipinski definition) is 3. The monoisotopic (exact) mass is 275 g/mol. The Morgan fingerprint density at radius 3 is 2.90 bits per heavy atom. The minimum Gasteiger partial charge on any atom is -0.478 e. The van der Waals surface area contributed by atoms with Crippen molar-refractivity contribution in [1.29, 1.82) is 0 Å². The molecule has 2 amide bonds. The van der Waals surface area contributed by atoms with E-state index in [1.54, 1.807) is 12.3 Å². The molecule has 7 heteroatoms. The van der Waals surface area contributed by atoms with Gasteiger partial charge in [-0.15, -0.1) is 0 Å². The van der Waals surface area contributed by atoms with E-state index in [2.05, 4.69) is 15.6 Å². The Morgan fingerprint density at radius 2 is 2.20 bits per heavy atom. The lowest BCUT2D eigenvalue weighted by Gasteiger charge is -2.07. The fourth-order valence-electron chi connectivity index (χ4n) is 1.55. The topological polar surface area (TPSA) is 104 Å². The van der Waals surface area contributed by atoms with Crippen molar-refractivity contribution in [3.05, 3.63) is 48.2 Å². The quantitative estimate of drug-likeness (QED) is 0.770. The maximum Gasteiger partial charge on any atom is 0.337 e. The number of aromatic nitrogens is 1. The fourth-order valence-corrected chi connectivity index (χ4v) is 1.55. The van der Waals surface area contributed by atoms with Crippen LogP contribution in [0.3, 0.4) is 0 Å². The summed E-state index contributed by atoms with van der Waals surface area (Å²) in [5.74, 6) is -0.320. The van der Waals surface area contributed by atoms with Crippen molar-refractivity contribution in [2.24, 2.45) is 0 Å². The van der Waals surface area contributed by atoms with Crippen LogP contribution in [0.4, 0.5) is 10.5 Å². The Morgan fingerprint density at radius 1 is 1.35 bits per heavy atom. The number of anilines is 1. The maximum absolute atomic E-state index is 11.6. The third-order valence-electron chi connectivity index (χ3n) is 2.48. The van der Waals surface area contributed by atoms with Crippen LogP contribution in [0.2, 0.25) is 0 Å². The number of carbonyl (C=O) groups is 2. The molecule has 0 bridgehead atoms. The first-order chi connectivity index (χ1) is 9.65. The van der Waals surface area contributed by atoms with Gasteiger partial charge in [0.1, 0.15) is 5.76 Å². The summed E-state index contributed by atoms with van der Waals surface area (Å²) in [7, 11) is 0. The van der Waals surface area contributed by atoms with Crippen molar-refractivity contribution in [2.75, 3.05) is 11.9 Å². The van der Waals surface area contributed by atoms with Crippen molar-refractivity contribution in [3.8, 4) is 0 Å². The third kappa shape index (κ3) is 3.84. The standard InChI is InChI=1S/C13H13N3O4/c17-12(18)9-6-10(8-14-7-9)16-13(19)15-4-3-11-2-1-5-20-11/h1-2,5-8H,3-4H2,(H,17,18)(H2,15,16,19). The molecule has 2 heterocycles. The Kier molecular flexibility index (Phi) is 4.33. The number of nitrogens with zero attached hydrogens (tertiary/aromatic N) is 1. The van der Waals surface area contributed by atoms with E-state index in [1.165, 1.54) is 18.5 Å². The number of rotatable bonds is 5. The Bertz CT molecular complexity index is 595. The molecular weight excluding hydrogens is 262 g/mol. The second-order valence-corrected chi connectivity index (χ2v) is 3.98. The van der Waals surface area contributed by atoms with Crippen LogP contribution in [0.5, 0.6) is 0 Å². The molecule has 0 aliphatic rings. The van der Waals surface area contributed by atoms with E-state index in [0.717, 1.165) is 5.76 Å². The summed E-state index contributed by atoms with van der Waals surface area (Å²) in [6, 6.07) is 4.50. The van der Waals surface area contributed by atoms with Gasteiger partial charge < -0.3 is 20.2 Å². The van der Waals surface area contributed by atoms with Gasteiger partial charge in [0, 0.05) is 19.2 Å². The van der Waals surface area contributed by atoms with Gasteiger partial charge in [0.15, 0.2) is 0 Å². The molecule has 0 unspecified atom stereocenters. The summed E-state index contributed by atoms with van der Waals surface area (Å²) >= 11 is 0. The summed E-state index contributed by atoms with van der Waals surface area (Å²) in [6.45, 7) is 0.408. The molecule has 3 N–H and O–H groups in total. The normalized spacial score (nSPS) is 10.0. The van der Waals surface area contributed by atoms with E-state index >= 15 is 0 Å². The third-order valence-corrected chi connectivity index (χ3v) is 2.48. The highest BCUT2D eigenvalue weighted by Crippen LogP contribution is 2.08. The molecule has 0 saturated carbocycles. The van der Waals surface area contributed by atoms with Gasteiger partial charge in [0.25, 0.3) is 0 Å². The van der Waals surface area contributed by atoms with Crippen molar-refractivity contribution in [2.45, 2.75) is 6.42 Å². The van der Waals surface area contributed by atoms with Crippen molar-refractivity contribution < 1.29 is 19.1 Å². The number of aromatic carboxylic acids is 1. The van der Waals surface area contributed by atoms with Crippen LogP contribution in [-0.4, -0.2) is 28.6 Å². The zero-order chi connectivity index (χ0) is 14.4. The second-order valence-electron chi connectivity index (χ2n) is 3.98. The van der Waals surface area contributed by atoms with Gasteiger partial charge in [-0.3, -0.25) is 4.98 Å². The summed E-state index contributed by atoms with van der Waals surface area (Å²) in [4.78, 5) is 26.1. The molecule has 2 aromatic rings. The lowest BCUT2D eigenvalue weighted by molar-refractivity contribution is 0.0696. The smallest absolute Gasteiger partial charge is 0.337 e. The predicted octanol–water partition coefficient (Wildman–Crippen LogP) is 1.74. The average molecular weight is 275 g/mol. The zero-order valence-corrected chi connectivity index (χ0v) is 10.5. The molecule has 0 fully saturated rings. The number of pyridine rings is 1. The highest BCUT2D eigenvalue weighted by molar-refractivity contribution is 5.92. The number of amides is 2. The molecule has 0 saturated heterocycles. The lowest BCUT2D eigenvalue weighted by atomic mass is 10.2. The number of carbonyl (C=O) groups excluding carboxylic acids is 1. The Hall–Kier alpha value is -2.83. The highest BCUT2D eigenvalue weighted by Gasteiger charge is 2.06. The second kappa shape index (κ2) is 6.37. The van der Waals surface area contributed by atoms with Crippen molar-refractivity contribution >= 4 is 17.7 Å². The first-order valence-corrected chi connectivity index (χ1v) is 5.91. The van der Waals surface area contributed by atoms with E-state index in [-0.39, 0.29) is 5.56 Å². The van der Waals surface area contributed by atoms with Gasteiger partial charge >= 0.3 is 12.0 Å². The van der Waals surface area contributed by atoms with Crippen LogP contribution < -0.4 is 10.6 Å². The molecule has 7 nitrogen and oxygen atoms in total. The zero-order valence-electron chi connectivity index (χ0n) is 10.5. The summed E-state index contributed by atoms with van der Waals surface area (Å²) in [6.07, 6.45) is 4.73. The van der Waals surface area contributed by atoms with E-state index in [4.69, 9.17) is 9.52 Å². The number of urea groups is 1. The molecule has 0 aliphatic carbocycles. The van der Waals surface area contributed by atoms with Crippen molar-refractivity contribution in [3.63, 3.8) is 0 Å². The van der Waals surface area contributed by atoms with Gasteiger partial charge in [-0.2, -0.15) is 0 Å². The highest BCUT2D eigenvalue weighted by atomic mass is 16.4. The Labute approximate surface area is 114 Å². The minimum atomic E-state index is -1.10. The van der Waals surface area contributed by atoms with E-state index < -0.39 is 12.0 Å². The van der Waals surface area contributed by atoms with Crippen LogP contribution in [0.1, 0.15) is 16.1 Å². The fraction of sp³-hybridized carbons (Fsp3) is 0.154. The van der Waals surface area contributed by atoms with Crippen LogP contribution in [-0.2, 0) is 6.42 Å². The van der Waals surface area contributed by atoms with Gasteiger partial charge in [0.2, 0.25) is 0 Å². The van der Waals surface area contributed by atoms with Gasteiger partial charge in [0.05, 0.1) is 23.7 Å². The number of carboxylic acids is 1. The molecule has 20 heavy (non-hydrogen) atoms. The molecule has 0 radical (unpaired) electrons. The first kappa shape index (κ1) is 13.6. The maximum atomic E-state index is 11.6. The molecule has 0 aromatic carbocycles. The molecule has 0 atom stereocenters. The van der Waals surface area contributed by atoms with E-state index in [0.29, 0.717) is 18.7 Å². The number of hydrogen-bond acceptors (Lipinski definition) is 4. The molecular formula is C13H13N3O4. The van der Waals surface area contributed by atoms with E-state index in [1.807, 2.05) is 6.07 Å². The van der Waals surface area contributed by atoms with Gasteiger partial charge in [-0.1, -0.05) is 0 Å². The molecule has 0 spiro atoms. The summed E-state index contributed by atoms with van der Waals surface area (Å²) in [5, 5.41) is 14.0. The summed E-state index contributed by atoms with van der Waals surface area (Å²) in [5.41, 5.74) is 0.332. The van der Waals surface area contributed by atoms with Crippen LogP contribution in [0.25, 0.3) is 0 Å². The number of carboxylic acid groups (broad SMARTS) is 1. The summed E-state index contributed by atoms with van der Waals surface area (Å²) < 4.78 is 5.13. The number of furan rings is 1. The first-order valence-electron chi connectivity index (χ1n) is 5.91. The molecule has 0 aliphatic heterocycles. The van der Waals surface area contributed by atoms with Crippen LogP contribution in [0, 0.1) is 0 Å². The van der Waals surface area contributed by atoms with Gasteiger partial charge in [-0.05, 0) is 18.2 Å². The Balaban J connectivity index is 1.82. The predicted molar refractivity (Wildman–Crippen MR) is 70.6 cm³/mol. The van der Waals surface area contributed by atoms with Crippen LogP contribution >= 0.6 is 0 Å². The molecule has 104 valence electrons.